The van der Waals surface area contributed by atoms with Gasteiger partial charge in [-0.15, -0.1) is 0 Å². The van der Waals surface area contributed by atoms with Crippen molar-refractivity contribution in [3.8, 4) is 5.75 Å². The third kappa shape index (κ3) is 2.03. The Kier molecular flexibility index (Phi) is 3.13. The number of nitrogens with zero attached hydrogens (tertiary/aromatic N) is 2. The van der Waals surface area contributed by atoms with Crippen LogP contribution in [-0.2, 0) is 0 Å². The number of aromatic nitrogens is 2. The second kappa shape index (κ2) is 4.56. The van der Waals surface area contributed by atoms with Gasteiger partial charge in [0.2, 0.25) is 0 Å². The van der Waals surface area contributed by atoms with E-state index in [4.69, 9.17) is 4.74 Å². The summed E-state index contributed by atoms with van der Waals surface area (Å²) in [4.78, 5) is 4.39. The van der Waals surface area contributed by atoms with E-state index in [-0.39, 0.29) is 0 Å². The van der Waals surface area contributed by atoms with E-state index >= 15 is 0 Å². The van der Waals surface area contributed by atoms with Crippen LogP contribution in [0.1, 0.15) is 33.2 Å². The third-order valence-corrected chi connectivity index (χ3v) is 2.58. The van der Waals surface area contributed by atoms with Gasteiger partial charge in [0.05, 0.1) is 24.0 Å². The molecule has 0 atom stereocenters. The van der Waals surface area contributed by atoms with Gasteiger partial charge in [0, 0.05) is 12.1 Å². The van der Waals surface area contributed by atoms with Crippen LogP contribution in [0.15, 0.2) is 24.5 Å². The molecule has 3 nitrogen and oxygen atoms in total. The summed E-state index contributed by atoms with van der Waals surface area (Å²) in [5.74, 6) is 0.906. The second-order valence-corrected chi connectivity index (χ2v) is 4.24. The fraction of sp³-hybridized carbons (Fsp3) is 0.462. The van der Waals surface area contributed by atoms with E-state index in [1.165, 1.54) is 5.52 Å². The molecule has 0 radical (unpaired) electrons. The van der Waals surface area contributed by atoms with Crippen molar-refractivity contribution in [1.29, 1.82) is 0 Å². The lowest BCUT2D eigenvalue weighted by atomic mass is 10.3. The van der Waals surface area contributed by atoms with Gasteiger partial charge in [-0.1, -0.05) is 6.92 Å². The molecule has 0 spiro atoms. The quantitative estimate of drug-likeness (QED) is 0.786. The number of hydrogen-bond acceptors (Lipinski definition) is 2. The Hall–Kier alpha value is -1.51. The monoisotopic (exact) mass is 218 g/mol. The van der Waals surface area contributed by atoms with Crippen molar-refractivity contribution < 1.29 is 4.74 Å². The molecule has 0 saturated heterocycles. The van der Waals surface area contributed by atoms with Gasteiger partial charge in [-0.3, -0.25) is 0 Å². The van der Waals surface area contributed by atoms with Crippen LogP contribution in [0, 0.1) is 0 Å². The minimum Gasteiger partial charge on any atom is -0.494 e. The van der Waals surface area contributed by atoms with Crippen molar-refractivity contribution in [2.75, 3.05) is 6.61 Å². The summed E-state index contributed by atoms with van der Waals surface area (Å²) in [7, 11) is 0. The van der Waals surface area contributed by atoms with E-state index in [0.29, 0.717) is 6.04 Å². The molecule has 1 heterocycles. The average molecular weight is 218 g/mol. The highest BCUT2D eigenvalue weighted by molar-refractivity contribution is 5.77. The molecular weight excluding hydrogens is 200 g/mol. The molecule has 0 amide bonds. The maximum absolute atomic E-state index is 5.58. The summed E-state index contributed by atoms with van der Waals surface area (Å²) in [6, 6.07) is 6.53. The van der Waals surface area contributed by atoms with Crippen molar-refractivity contribution in [1.82, 2.24) is 9.55 Å². The fourth-order valence-corrected chi connectivity index (χ4v) is 1.73. The van der Waals surface area contributed by atoms with Crippen LogP contribution in [0.4, 0.5) is 0 Å². The highest BCUT2D eigenvalue weighted by Gasteiger charge is 2.06. The van der Waals surface area contributed by atoms with Gasteiger partial charge in [-0.05, 0) is 32.4 Å². The van der Waals surface area contributed by atoms with Gasteiger partial charge in [0.15, 0.2) is 0 Å². The van der Waals surface area contributed by atoms with E-state index in [9.17, 15) is 0 Å². The highest BCUT2D eigenvalue weighted by atomic mass is 16.5. The highest BCUT2D eigenvalue weighted by Crippen LogP contribution is 2.22. The van der Waals surface area contributed by atoms with Crippen LogP contribution in [0.2, 0.25) is 0 Å². The summed E-state index contributed by atoms with van der Waals surface area (Å²) in [6.07, 6.45) is 2.91. The minimum atomic E-state index is 0.437. The Morgan fingerprint density at radius 1 is 1.38 bits per heavy atom. The molecule has 16 heavy (non-hydrogen) atoms. The first-order valence-electron chi connectivity index (χ1n) is 5.81. The zero-order chi connectivity index (χ0) is 11.5. The van der Waals surface area contributed by atoms with Gasteiger partial charge < -0.3 is 9.30 Å². The van der Waals surface area contributed by atoms with Gasteiger partial charge in [0.1, 0.15) is 5.75 Å². The lowest BCUT2D eigenvalue weighted by Crippen LogP contribution is -1.98. The molecule has 86 valence electrons. The van der Waals surface area contributed by atoms with Crippen LogP contribution < -0.4 is 4.74 Å². The number of benzene rings is 1. The molecule has 2 aromatic rings. The van der Waals surface area contributed by atoms with Crippen molar-refractivity contribution in [3.05, 3.63) is 24.5 Å². The second-order valence-electron chi connectivity index (χ2n) is 4.24. The van der Waals surface area contributed by atoms with E-state index < -0.39 is 0 Å². The van der Waals surface area contributed by atoms with E-state index in [2.05, 4.69) is 36.4 Å². The van der Waals surface area contributed by atoms with E-state index in [1.54, 1.807) is 0 Å². The van der Waals surface area contributed by atoms with Crippen molar-refractivity contribution >= 4 is 11.0 Å². The maximum atomic E-state index is 5.58. The Balaban J connectivity index is 2.33. The Labute approximate surface area is 96.1 Å². The molecule has 0 unspecified atom stereocenters. The molecule has 0 fully saturated rings. The molecule has 0 N–H and O–H groups in total. The van der Waals surface area contributed by atoms with Crippen molar-refractivity contribution in [3.63, 3.8) is 0 Å². The molecule has 0 aliphatic carbocycles. The first-order chi connectivity index (χ1) is 7.72. The molecule has 0 bridgehead atoms. The lowest BCUT2D eigenvalue weighted by molar-refractivity contribution is 0.318. The summed E-state index contributed by atoms with van der Waals surface area (Å²) >= 11 is 0. The predicted molar refractivity (Wildman–Crippen MR) is 65.9 cm³/mol. The van der Waals surface area contributed by atoms with Crippen molar-refractivity contribution in [2.24, 2.45) is 0 Å². The average Bonchev–Trinajstić information content (AvgIpc) is 2.69. The maximum Gasteiger partial charge on any atom is 0.121 e. The van der Waals surface area contributed by atoms with Crippen LogP contribution in [-0.4, -0.2) is 16.2 Å². The summed E-state index contributed by atoms with van der Waals surface area (Å²) < 4.78 is 7.75. The van der Waals surface area contributed by atoms with Crippen LogP contribution in [0.25, 0.3) is 11.0 Å². The van der Waals surface area contributed by atoms with Crippen LogP contribution in [0.5, 0.6) is 5.75 Å². The Morgan fingerprint density at radius 3 is 2.88 bits per heavy atom. The number of rotatable bonds is 4. The number of fused-ring (bicyclic) bond motifs is 1. The van der Waals surface area contributed by atoms with E-state index in [1.807, 2.05) is 18.5 Å². The molecule has 1 aromatic carbocycles. The lowest BCUT2D eigenvalue weighted by Gasteiger charge is -2.08. The Bertz CT molecular complexity index is 474. The summed E-state index contributed by atoms with van der Waals surface area (Å²) in [5.41, 5.74) is 2.17. The normalized spacial score (nSPS) is 11.2. The molecule has 0 saturated carbocycles. The van der Waals surface area contributed by atoms with Gasteiger partial charge in [-0.25, -0.2) is 4.98 Å². The van der Waals surface area contributed by atoms with Crippen LogP contribution >= 0.6 is 0 Å². The summed E-state index contributed by atoms with van der Waals surface area (Å²) in [5, 5.41) is 0. The first-order valence-corrected chi connectivity index (χ1v) is 5.81. The molecular formula is C13H18N2O. The number of imidazole rings is 1. The molecule has 1 aromatic heterocycles. The zero-order valence-corrected chi connectivity index (χ0v) is 10.1. The number of hydrogen-bond donors (Lipinski definition) is 0. The fourth-order valence-electron chi connectivity index (χ4n) is 1.73. The van der Waals surface area contributed by atoms with E-state index in [0.717, 1.165) is 24.3 Å². The first kappa shape index (κ1) is 11.0. The topological polar surface area (TPSA) is 27.1 Å². The SMILES string of the molecule is CCCOc1ccc2c(c1)ncn2C(C)C. The van der Waals surface area contributed by atoms with Crippen LogP contribution in [0.3, 0.4) is 0 Å². The standard InChI is InChI=1S/C13H18N2O/c1-4-7-16-11-5-6-13-12(8-11)14-9-15(13)10(2)3/h5-6,8-10H,4,7H2,1-3H3. The smallest absolute Gasteiger partial charge is 0.121 e. The van der Waals surface area contributed by atoms with Gasteiger partial charge in [-0.2, -0.15) is 0 Å². The summed E-state index contributed by atoms with van der Waals surface area (Å²) in [6.45, 7) is 7.17. The molecule has 0 aliphatic rings. The van der Waals surface area contributed by atoms with Crippen molar-refractivity contribution in [2.45, 2.75) is 33.2 Å². The minimum absolute atomic E-state index is 0.437. The number of ether oxygens (including phenoxy) is 1. The van der Waals surface area contributed by atoms with Gasteiger partial charge >= 0.3 is 0 Å². The molecule has 2 rings (SSSR count). The third-order valence-electron chi connectivity index (χ3n) is 2.58. The molecule has 3 heteroatoms. The Morgan fingerprint density at radius 2 is 2.19 bits per heavy atom. The molecule has 0 aliphatic heterocycles. The largest absolute Gasteiger partial charge is 0.494 e. The zero-order valence-electron chi connectivity index (χ0n) is 10.1. The predicted octanol–water partition coefficient (Wildman–Crippen LogP) is 3.41. The van der Waals surface area contributed by atoms with Gasteiger partial charge in [0.25, 0.3) is 0 Å².